The van der Waals surface area contributed by atoms with Crippen molar-refractivity contribution in [2.24, 2.45) is 27.9 Å². The van der Waals surface area contributed by atoms with Crippen LogP contribution in [0.25, 0.3) is 0 Å². The maximum atomic E-state index is 12.1. The Labute approximate surface area is 146 Å². The molecule has 25 heavy (non-hydrogen) atoms. The molecule has 2 unspecified atom stereocenters. The Bertz CT molecular complexity index is 466. The highest BCUT2D eigenvalue weighted by molar-refractivity contribution is 5.90. The highest BCUT2D eigenvalue weighted by atomic mass is 16.4. The van der Waals surface area contributed by atoms with Crippen molar-refractivity contribution < 1.29 is 19.5 Å². The average Bonchev–Trinajstić information content (AvgIpc) is 2.55. The van der Waals surface area contributed by atoms with E-state index in [4.69, 9.17) is 28.0 Å². The van der Waals surface area contributed by atoms with E-state index in [9.17, 15) is 14.4 Å². The van der Waals surface area contributed by atoms with Crippen molar-refractivity contribution in [2.45, 2.75) is 44.2 Å². The molecule has 0 aliphatic carbocycles. The summed E-state index contributed by atoms with van der Waals surface area (Å²) in [6.07, 6.45) is 2.49. The third kappa shape index (κ3) is 11.7. The van der Waals surface area contributed by atoms with Gasteiger partial charge in [-0.05, 0) is 38.6 Å². The minimum absolute atomic E-state index is 0.0342. The molecule has 11 heteroatoms. The summed E-state index contributed by atoms with van der Waals surface area (Å²) in [7, 11) is 0. The zero-order valence-corrected chi connectivity index (χ0v) is 14.2. The molecule has 0 radical (unpaired) electrons. The lowest BCUT2D eigenvalue weighted by Gasteiger charge is -2.20. The van der Waals surface area contributed by atoms with Gasteiger partial charge in [-0.25, -0.2) is 0 Å². The third-order valence-electron chi connectivity index (χ3n) is 3.30. The Morgan fingerprint density at radius 2 is 1.72 bits per heavy atom. The SMILES string of the molecule is NCCCCC(NC(=O)C(N)CCCN=C(N)N)C(=O)NCC(=O)O. The molecule has 0 fully saturated rings. The molecule has 0 aromatic carbocycles. The largest absolute Gasteiger partial charge is 0.480 e. The van der Waals surface area contributed by atoms with Crippen LogP contribution in [0.1, 0.15) is 32.1 Å². The number of carbonyl (C=O) groups excluding carboxylic acids is 2. The molecular weight excluding hydrogens is 330 g/mol. The Morgan fingerprint density at radius 1 is 1.04 bits per heavy atom. The van der Waals surface area contributed by atoms with Gasteiger partial charge in [0.25, 0.3) is 0 Å². The first-order chi connectivity index (χ1) is 11.8. The molecule has 11 N–H and O–H groups in total. The van der Waals surface area contributed by atoms with Crippen LogP contribution >= 0.6 is 0 Å². The number of carbonyl (C=O) groups is 3. The molecule has 0 aromatic rings. The fourth-order valence-corrected chi connectivity index (χ4v) is 1.98. The predicted octanol–water partition coefficient (Wildman–Crippen LogP) is -2.82. The summed E-state index contributed by atoms with van der Waals surface area (Å²) in [5.74, 6) is -2.27. The summed E-state index contributed by atoms with van der Waals surface area (Å²) < 4.78 is 0. The van der Waals surface area contributed by atoms with Gasteiger partial charge in [0, 0.05) is 6.54 Å². The van der Waals surface area contributed by atoms with E-state index in [-0.39, 0.29) is 5.96 Å². The summed E-state index contributed by atoms with van der Waals surface area (Å²) in [4.78, 5) is 38.5. The quantitative estimate of drug-likeness (QED) is 0.103. The summed E-state index contributed by atoms with van der Waals surface area (Å²) in [5.41, 5.74) is 21.6. The first-order valence-electron chi connectivity index (χ1n) is 8.08. The van der Waals surface area contributed by atoms with Crippen molar-refractivity contribution in [3.8, 4) is 0 Å². The number of aliphatic carboxylic acids is 1. The van der Waals surface area contributed by atoms with E-state index >= 15 is 0 Å². The van der Waals surface area contributed by atoms with Crippen molar-refractivity contribution in [1.29, 1.82) is 0 Å². The molecule has 0 heterocycles. The number of rotatable bonds is 13. The topological polar surface area (TPSA) is 212 Å². The Hall–Kier alpha value is -2.40. The monoisotopic (exact) mass is 359 g/mol. The maximum Gasteiger partial charge on any atom is 0.322 e. The minimum atomic E-state index is -1.17. The number of nitrogens with one attached hydrogen (secondary N) is 2. The Kier molecular flexibility index (Phi) is 11.7. The van der Waals surface area contributed by atoms with Gasteiger partial charge in [-0.15, -0.1) is 0 Å². The fourth-order valence-electron chi connectivity index (χ4n) is 1.98. The van der Waals surface area contributed by atoms with Gasteiger partial charge in [0.1, 0.15) is 12.6 Å². The third-order valence-corrected chi connectivity index (χ3v) is 3.30. The molecular formula is C14H29N7O4. The number of guanidine groups is 1. The highest BCUT2D eigenvalue weighted by Gasteiger charge is 2.23. The summed E-state index contributed by atoms with van der Waals surface area (Å²) in [6, 6.07) is -1.68. The van der Waals surface area contributed by atoms with Crippen LogP contribution in [-0.4, -0.2) is 60.6 Å². The molecule has 0 bridgehead atoms. The minimum Gasteiger partial charge on any atom is -0.480 e. The summed E-state index contributed by atoms with van der Waals surface area (Å²) in [5, 5.41) is 13.4. The molecule has 0 aliphatic rings. The van der Waals surface area contributed by atoms with E-state index in [0.29, 0.717) is 45.2 Å². The van der Waals surface area contributed by atoms with Gasteiger partial charge < -0.3 is 38.7 Å². The number of nitrogens with zero attached hydrogens (tertiary/aromatic N) is 1. The molecule has 0 spiro atoms. The zero-order valence-electron chi connectivity index (χ0n) is 14.2. The molecule has 0 saturated heterocycles. The van der Waals surface area contributed by atoms with Gasteiger partial charge in [0.15, 0.2) is 5.96 Å². The number of carboxylic acid groups (broad SMARTS) is 1. The number of hydrogen-bond acceptors (Lipinski definition) is 6. The number of nitrogens with two attached hydrogens (primary N) is 4. The van der Waals surface area contributed by atoms with Crippen LogP contribution in [0.2, 0.25) is 0 Å². The maximum absolute atomic E-state index is 12.1. The van der Waals surface area contributed by atoms with Crippen molar-refractivity contribution in [3.63, 3.8) is 0 Å². The number of carboxylic acids is 1. The lowest BCUT2D eigenvalue weighted by Crippen LogP contribution is -2.52. The van der Waals surface area contributed by atoms with E-state index in [2.05, 4.69) is 15.6 Å². The number of amides is 2. The second kappa shape index (κ2) is 13.0. The van der Waals surface area contributed by atoms with Gasteiger partial charge in [-0.2, -0.15) is 0 Å². The van der Waals surface area contributed by atoms with Gasteiger partial charge in [-0.1, -0.05) is 0 Å². The van der Waals surface area contributed by atoms with Crippen LogP contribution in [-0.2, 0) is 14.4 Å². The number of unbranched alkanes of at least 4 members (excludes halogenated alkanes) is 1. The van der Waals surface area contributed by atoms with Crippen LogP contribution in [0.4, 0.5) is 0 Å². The number of hydrogen-bond donors (Lipinski definition) is 7. The van der Waals surface area contributed by atoms with Crippen LogP contribution in [0.3, 0.4) is 0 Å². The zero-order chi connectivity index (χ0) is 19.2. The first kappa shape index (κ1) is 22.6. The van der Waals surface area contributed by atoms with Gasteiger partial charge >= 0.3 is 5.97 Å². The number of aliphatic imine (C=N–C) groups is 1. The lowest BCUT2D eigenvalue weighted by atomic mass is 10.1. The highest BCUT2D eigenvalue weighted by Crippen LogP contribution is 2.03. The molecule has 0 aromatic heterocycles. The van der Waals surface area contributed by atoms with E-state index in [1.807, 2.05) is 0 Å². The lowest BCUT2D eigenvalue weighted by molar-refractivity contribution is -0.138. The molecule has 0 aliphatic heterocycles. The smallest absolute Gasteiger partial charge is 0.322 e. The van der Waals surface area contributed by atoms with E-state index in [1.54, 1.807) is 0 Å². The van der Waals surface area contributed by atoms with E-state index in [0.717, 1.165) is 0 Å². The molecule has 11 nitrogen and oxygen atoms in total. The fraction of sp³-hybridized carbons (Fsp3) is 0.714. The molecule has 0 rings (SSSR count). The van der Waals surface area contributed by atoms with Gasteiger partial charge in [-0.3, -0.25) is 19.4 Å². The van der Waals surface area contributed by atoms with Gasteiger partial charge in [0.05, 0.1) is 6.04 Å². The molecule has 2 amide bonds. The van der Waals surface area contributed by atoms with E-state index < -0.39 is 36.4 Å². The summed E-state index contributed by atoms with van der Waals surface area (Å²) >= 11 is 0. The van der Waals surface area contributed by atoms with Crippen LogP contribution < -0.4 is 33.6 Å². The predicted molar refractivity (Wildman–Crippen MR) is 93.4 cm³/mol. The van der Waals surface area contributed by atoms with Gasteiger partial charge in [0.2, 0.25) is 11.8 Å². The second-order valence-corrected chi connectivity index (χ2v) is 5.51. The first-order valence-corrected chi connectivity index (χ1v) is 8.08. The second-order valence-electron chi connectivity index (χ2n) is 5.51. The molecule has 0 saturated carbocycles. The van der Waals surface area contributed by atoms with Crippen molar-refractivity contribution in [1.82, 2.24) is 10.6 Å². The molecule has 2 atom stereocenters. The molecule has 144 valence electrons. The van der Waals surface area contributed by atoms with Crippen LogP contribution in [0, 0.1) is 0 Å². The van der Waals surface area contributed by atoms with Crippen molar-refractivity contribution in [3.05, 3.63) is 0 Å². The Morgan fingerprint density at radius 3 is 2.28 bits per heavy atom. The van der Waals surface area contributed by atoms with Crippen LogP contribution in [0.5, 0.6) is 0 Å². The van der Waals surface area contributed by atoms with Crippen molar-refractivity contribution >= 4 is 23.7 Å². The van der Waals surface area contributed by atoms with Crippen molar-refractivity contribution in [2.75, 3.05) is 19.6 Å². The average molecular weight is 359 g/mol. The van der Waals surface area contributed by atoms with E-state index in [1.165, 1.54) is 0 Å². The normalized spacial score (nSPS) is 12.7. The Balaban J connectivity index is 4.52. The standard InChI is InChI=1S/C14H29N7O4/c15-6-2-1-5-10(13(25)20-8-11(22)23)21-12(24)9(16)4-3-7-19-14(17)18/h9-10H,1-8,15-16H2,(H,20,25)(H,21,24)(H,22,23)(H4,17,18,19). The summed E-state index contributed by atoms with van der Waals surface area (Å²) in [6.45, 7) is 0.288. The van der Waals surface area contributed by atoms with Crippen LogP contribution in [0.15, 0.2) is 4.99 Å².